The Morgan fingerprint density at radius 2 is 1.83 bits per heavy atom. The fourth-order valence-electron chi connectivity index (χ4n) is 4.18. The van der Waals surface area contributed by atoms with Crippen LogP contribution in [0.2, 0.25) is 0 Å². The summed E-state index contributed by atoms with van der Waals surface area (Å²) < 4.78 is 11.1. The quantitative estimate of drug-likeness (QED) is 0.375. The minimum absolute atomic E-state index is 0.154. The van der Waals surface area contributed by atoms with Gasteiger partial charge in [0.15, 0.2) is 5.69 Å². The zero-order valence-corrected chi connectivity index (χ0v) is 19.6. The van der Waals surface area contributed by atoms with Crippen molar-refractivity contribution in [2.24, 2.45) is 11.7 Å². The number of anilines is 1. The van der Waals surface area contributed by atoms with Crippen molar-refractivity contribution in [1.82, 2.24) is 20.2 Å². The number of hydrogen-bond donors (Lipinski definition) is 2. The molecule has 35 heavy (non-hydrogen) atoms. The first-order chi connectivity index (χ1) is 17.1. The van der Waals surface area contributed by atoms with Gasteiger partial charge in [-0.25, -0.2) is 9.97 Å². The van der Waals surface area contributed by atoms with Crippen LogP contribution in [0.4, 0.5) is 5.69 Å². The van der Waals surface area contributed by atoms with Gasteiger partial charge in [0.05, 0.1) is 25.4 Å². The van der Waals surface area contributed by atoms with E-state index in [0.29, 0.717) is 28.5 Å². The fraction of sp³-hybridized carbons (Fsp3) is 0.269. The van der Waals surface area contributed by atoms with E-state index in [-0.39, 0.29) is 5.69 Å². The molecule has 0 radical (unpaired) electrons. The molecule has 1 aliphatic rings. The molecule has 0 spiro atoms. The summed E-state index contributed by atoms with van der Waals surface area (Å²) in [5.74, 6) is 1.27. The van der Waals surface area contributed by atoms with Gasteiger partial charge in [0.1, 0.15) is 11.4 Å². The average molecular weight is 471 g/mol. The third kappa shape index (κ3) is 4.57. The van der Waals surface area contributed by atoms with Gasteiger partial charge < -0.3 is 20.5 Å². The molecule has 0 atom stereocenters. The third-order valence-electron chi connectivity index (χ3n) is 6.19. The van der Waals surface area contributed by atoms with Gasteiger partial charge in [0, 0.05) is 35.5 Å². The summed E-state index contributed by atoms with van der Waals surface area (Å²) in [5.41, 5.74) is 10.2. The van der Waals surface area contributed by atoms with E-state index >= 15 is 0 Å². The number of primary amides is 1. The van der Waals surface area contributed by atoms with Crippen LogP contribution in [-0.2, 0) is 0 Å². The summed E-state index contributed by atoms with van der Waals surface area (Å²) in [7, 11) is 3.19. The molecule has 2 heterocycles. The Hall–Kier alpha value is -4.27. The first-order valence-electron chi connectivity index (χ1n) is 11.5. The summed E-state index contributed by atoms with van der Waals surface area (Å²) in [4.78, 5) is 20.6. The normalized spacial score (nSPS) is 13.0. The number of benzene rings is 2. The molecule has 0 bridgehead atoms. The Balaban J connectivity index is 1.53. The van der Waals surface area contributed by atoms with Crippen molar-refractivity contribution in [3.05, 3.63) is 54.5 Å². The van der Waals surface area contributed by atoms with Gasteiger partial charge >= 0.3 is 0 Å². The van der Waals surface area contributed by atoms with Crippen LogP contribution in [0.3, 0.4) is 0 Å². The first kappa shape index (κ1) is 22.5. The van der Waals surface area contributed by atoms with Crippen molar-refractivity contribution in [3.63, 3.8) is 0 Å². The third-order valence-corrected chi connectivity index (χ3v) is 6.19. The minimum atomic E-state index is -0.603. The molecular weight excluding hydrogens is 444 g/mol. The number of nitrogens with zero attached hydrogens (tertiary/aromatic N) is 4. The molecular formula is C26H26N6O3. The number of nitrogens with two attached hydrogens (primary N) is 1. The van der Waals surface area contributed by atoms with Gasteiger partial charge in [-0.05, 0) is 42.2 Å². The van der Waals surface area contributed by atoms with Crippen molar-refractivity contribution in [2.45, 2.75) is 19.3 Å². The molecule has 1 fully saturated rings. The second kappa shape index (κ2) is 9.54. The van der Waals surface area contributed by atoms with Crippen LogP contribution in [0, 0.1) is 5.92 Å². The number of carbonyl (C=O) groups excluding carboxylic acids is 1. The molecule has 4 aromatic rings. The van der Waals surface area contributed by atoms with E-state index < -0.39 is 5.91 Å². The summed E-state index contributed by atoms with van der Waals surface area (Å²) in [6, 6.07) is 11.6. The maximum atomic E-state index is 12.0. The van der Waals surface area contributed by atoms with E-state index in [4.69, 9.17) is 15.2 Å². The van der Waals surface area contributed by atoms with E-state index in [1.54, 1.807) is 26.6 Å². The number of ether oxygens (including phenoxy) is 2. The molecule has 0 unspecified atom stereocenters. The number of amides is 1. The van der Waals surface area contributed by atoms with E-state index in [1.165, 1.54) is 12.8 Å². The number of fused-ring (bicyclic) bond motifs is 1. The maximum absolute atomic E-state index is 12.0. The number of rotatable bonds is 9. The van der Waals surface area contributed by atoms with Crippen molar-refractivity contribution in [3.8, 4) is 34.0 Å². The molecule has 178 valence electrons. The topological polar surface area (TPSA) is 125 Å². The van der Waals surface area contributed by atoms with Crippen LogP contribution in [0.15, 0.2) is 48.8 Å². The number of hydrogen-bond acceptors (Lipinski definition) is 8. The van der Waals surface area contributed by atoms with E-state index in [1.807, 2.05) is 36.4 Å². The van der Waals surface area contributed by atoms with Crippen molar-refractivity contribution in [1.29, 1.82) is 0 Å². The van der Waals surface area contributed by atoms with Crippen LogP contribution in [-0.4, -0.2) is 46.8 Å². The lowest BCUT2D eigenvalue weighted by Gasteiger charge is -2.14. The van der Waals surface area contributed by atoms with E-state index in [9.17, 15) is 4.79 Å². The number of nitrogens with one attached hydrogen (secondary N) is 1. The number of methoxy groups -OCH3 is 2. The van der Waals surface area contributed by atoms with Gasteiger partial charge in [-0.3, -0.25) is 4.79 Å². The highest BCUT2D eigenvalue weighted by Gasteiger charge is 2.22. The SMILES string of the molecule is COc1cc(-c2nccnc2OC)ccc1-c1ccc2c(NCCC3CC3)c(C(N)=O)nnc2c1. The predicted molar refractivity (Wildman–Crippen MR) is 133 cm³/mol. The van der Waals surface area contributed by atoms with Crippen molar-refractivity contribution >= 4 is 22.5 Å². The van der Waals surface area contributed by atoms with Gasteiger partial charge in [0.2, 0.25) is 5.88 Å². The largest absolute Gasteiger partial charge is 0.496 e. The molecule has 2 aromatic heterocycles. The fourth-order valence-corrected chi connectivity index (χ4v) is 4.18. The molecule has 3 N–H and O–H groups in total. The minimum Gasteiger partial charge on any atom is -0.496 e. The Kier molecular flexibility index (Phi) is 6.13. The van der Waals surface area contributed by atoms with Gasteiger partial charge in [-0.2, -0.15) is 0 Å². The van der Waals surface area contributed by atoms with Gasteiger partial charge in [-0.1, -0.05) is 25.0 Å². The molecule has 0 saturated heterocycles. The van der Waals surface area contributed by atoms with Crippen LogP contribution >= 0.6 is 0 Å². The lowest BCUT2D eigenvalue weighted by Crippen LogP contribution is -2.18. The van der Waals surface area contributed by atoms with E-state index in [0.717, 1.165) is 41.0 Å². The molecule has 9 heteroatoms. The summed E-state index contributed by atoms with van der Waals surface area (Å²) in [5, 5.41) is 12.6. The average Bonchev–Trinajstić information content (AvgIpc) is 3.72. The molecule has 9 nitrogen and oxygen atoms in total. The van der Waals surface area contributed by atoms with Crippen LogP contribution in [0.25, 0.3) is 33.3 Å². The molecule has 1 amide bonds. The number of aromatic nitrogens is 4. The first-order valence-corrected chi connectivity index (χ1v) is 11.5. The summed E-state index contributed by atoms with van der Waals surface area (Å²) in [6.45, 7) is 0.759. The summed E-state index contributed by atoms with van der Waals surface area (Å²) >= 11 is 0. The molecule has 1 saturated carbocycles. The lowest BCUT2D eigenvalue weighted by molar-refractivity contribution is 0.0995. The van der Waals surface area contributed by atoms with Crippen LogP contribution < -0.4 is 20.5 Å². The van der Waals surface area contributed by atoms with Crippen LogP contribution in [0.5, 0.6) is 11.6 Å². The van der Waals surface area contributed by atoms with E-state index in [2.05, 4.69) is 25.5 Å². The van der Waals surface area contributed by atoms with Crippen LogP contribution in [0.1, 0.15) is 29.8 Å². The van der Waals surface area contributed by atoms with Gasteiger partial charge in [0.25, 0.3) is 5.91 Å². The van der Waals surface area contributed by atoms with Crippen molar-refractivity contribution < 1.29 is 14.3 Å². The standard InChI is InChI=1S/C26H26N6O3/c1-34-21-14-17(22-26(35-2)30-12-11-29-22)6-7-18(21)16-5-8-19-20(13-16)31-32-24(25(27)33)23(19)28-10-9-15-3-4-15/h5-8,11-15H,3-4,9-10H2,1-2H3,(H2,27,33)(H,28,31). The monoisotopic (exact) mass is 470 g/mol. The smallest absolute Gasteiger partial charge is 0.271 e. The zero-order chi connectivity index (χ0) is 24.4. The zero-order valence-electron chi connectivity index (χ0n) is 19.6. The Morgan fingerprint density at radius 1 is 1.03 bits per heavy atom. The number of carbonyl (C=O) groups is 1. The summed E-state index contributed by atoms with van der Waals surface area (Å²) in [6.07, 6.45) is 6.81. The molecule has 5 rings (SSSR count). The predicted octanol–water partition coefficient (Wildman–Crippen LogP) is 4.08. The van der Waals surface area contributed by atoms with Crippen molar-refractivity contribution in [2.75, 3.05) is 26.1 Å². The second-order valence-corrected chi connectivity index (χ2v) is 8.51. The Bertz CT molecular complexity index is 1400. The lowest BCUT2D eigenvalue weighted by atomic mass is 9.99. The second-order valence-electron chi connectivity index (χ2n) is 8.51. The Morgan fingerprint density at radius 3 is 2.57 bits per heavy atom. The highest BCUT2D eigenvalue weighted by molar-refractivity contribution is 6.05. The molecule has 2 aromatic carbocycles. The maximum Gasteiger partial charge on any atom is 0.271 e. The highest BCUT2D eigenvalue weighted by Crippen LogP contribution is 2.37. The Labute approximate surface area is 202 Å². The highest BCUT2D eigenvalue weighted by atomic mass is 16.5. The molecule has 0 aliphatic heterocycles. The van der Waals surface area contributed by atoms with Gasteiger partial charge in [-0.15, -0.1) is 10.2 Å². The molecule has 1 aliphatic carbocycles.